The Morgan fingerprint density at radius 1 is 1.47 bits per heavy atom. The predicted octanol–water partition coefficient (Wildman–Crippen LogP) is 0.815. The number of nitrogens with one attached hydrogen (secondary N) is 2. The van der Waals surface area contributed by atoms with Crippen LogP contribution in [0.5, 0.6) is 0 Å². The zero-order valence-corrected chi connectivity index (χ0v) is 10.8. The summed E-state index contributed by atoms with van der Waals surface area (Å²) >= 11 is 5.84. The molecular weight excluding hydrogens is 266 g/mol. The molecule has 1 aromatic carbocycles. The van der Waals surface area contributed by atoms with Gasteiger partial charge < -0.3 is 10.5 Å². The first-order chi connectivity index (χ1) is 7.94. The molecule has 0 saturated carbocycles. The highest BCUT2D eigenvalue weighted by atomic mass is 35.5. The van der Waals surface area contributed by atoms with Crippen molar-refractivity contribution in [3.63, 3.8) is 0 Å². The third-order valence-electron chi connectivity index (χ3n) is 1.84. The van der Waals surface area contributed by atoms with Gasteiger partial charge in [-0.2, -0.15) is 13.1 Å². The Morgan fingerprint density at radius 2 is 2.18 bits per heavy atom. The number of ether oxygens (including phenoxy) is 1. The first-order valence-electron chi connectivity index (χ1n) is 4.76. The summed E-state index contributed by atoms with van der Waals surface area (Å²) in [6, 6.07) is 4.51. The molecule has 0 heterocycles. The molecule has 17 heavy (non-hydrogen) atoms. The van der Waals surface area contributed by atoms with Crippen LogP contribution in [0.25, 0.3) is 0 Å². The van der Waals surface area contributed by atoms with Gasteiger partial charge in [-0.05, 0) is 18.2 Å². The van der Waals surface area contributed by atoms with Crippen molar-refractivity contribution in [1.82, 2.24) is 4.72 Å². The summed E-state index contributed by atoms with van der Waals surface area (Å²) in [5, 5.41) is 0.238. The standard InChI is InChI=1S/C9H14ClN3O3S/c1-16-5-4-12-17(14,15)13-9-3-2-7(11)6-8(9)10/h2-3,6,12-13H,4-5,11H2,1H3. The maximum absolute atomic E-state index is 11.5. The van der Waals surface area contributed by atoms with E-state index in [-0.39, 0.29) is 23.9 Å². The molecule has 0 aliphatic heterocycles. The number of hydrogen-bond acceptors (Lipinski definition) is 4. The van der Waals surface area contributed by atoms with E-state index in [2.05, 4.69) is 9.44 Å². The van der Waals surface area contributed by atoms with Gasteiger partial charge in [-0.1, -0.05) is 11.6 Å². The van der Waals surface area contributed by atoms with Crippen LogP contribution in [-0.4, -0.2) is 28.7 Å². The molecule has 0 aromatic heterocycles. The molecule has 0 atom stereocenters. The van der Waals surface area contributed by atoms with Crippen LogP contribution in [0.1, 0.15) is 0 Å². The Morgan fingerprint density at radius 3 is 2.76 bits per heavy atom. The first-order valence-corrected chi connectivity index (χ1v) is 6.62. The van der Waals surface area contributed by atoms with Crippen LogP contribution in [0, 0.1) is 0 Å². The number of anilines is 2. The van der Waals surface area contributed by atoms with E-state index in [1.54, 1.807) is 6.07 Å². The van der Waals surface area contributed by atoms with E-state index < -0.39 is 10.2 Å². The van der Waals surface area contributed by atoms with E-state index in [0.717, 1.165) is 0 Å². The minimum Gasteiger partial charge on any atom is -0.399 e. The van der Waals surface area contributed by atoms with Crippen molar-refractivity contribution in [2.24, 2.45) is 0 Å². The van der Waals surface area contributed by atoms with Gasteiger partial charge in [0.25, 0.3) is 10.2 Å². The summed E-state index contributed by atoms with van der Waals surface area (Å²) in [6.45, 7) is 0.467. The van der Waals surface area contributed by atoms with Crippen LogP contribution in [0.15, 0.2) is 18.2 Å². The lowest BCUT2D eigenvalue weighted by atomic mass is 10.3. The van der Waals surface area contributed by atoms with Gasteiger partial charge in [-0.15, -0.1) is 0 Å². The third kappa shape index (κ3) is 4.78. The quantitative estimate of drug-likeness (QED) is 0.531. The van der Waals surface area contributed by atoms with Crippen LogP contribution in [0.3, 0.4) is 0 Å². The fourth-order valence-corrected chi connectivity index (χ4v) is 2.26. The fourth-order valence-electron chi connectivity index (χ4n) is 1.07. The Hall–Kier alpha value is -1.02. The molecule has 0 aliphatic carbocycles. The minimum atomic E-state index is -3.65. The van der Waals surface area contributed by atoms with E-state index in [1.807, 2.05) is 0 Å². The molecule has 0 saturated heterocycles. The van der Waals surface area contributed by atoms with Gasteiger partial charge in [0.2, 0.25) is 0 Å². The van der Waals surface area contributed by atoms with Crippen LogP contribution in [0.4, 0.5) is 11.4 Å². The third-order valence-corrected chi connectivity index (χ3v) is 3.22. The summed E-state index contributed by atoms with van der Waals surface area (Å²) in [4.78, 5) is 0. The van der Waals surface area contributed by atoms with E-state index in [1.165, 1.54) is 19.2 Å². The number of nitrogens with two attached hydrogens (primary N) is 1. The second-order valence-corrected chi connectivity index (χ2v) is 5.14. The van der Waals surface area contributed by atoms with Crippen molar-refractivity contribution in [2.45, 2.75) is 0 Å². The molecule has 6 nitrogen and oxygen atoms in total. The molecule has 0 spiro atoms. The van der Waals surface area contributed by atoms with Crippen molar-refractivity contribution in [3.8, 4) is 0 Å². The topological polar surface area (TPSA) is 93.4 Å². The fraction of sp³-hybridized carbons (Fsp3) is 0.333. The molecule has 1 rings (SSSR count). The van der Waals surface area contributed by atoms with Crippen LogP contribution < -0.4 is 15.2 Å². The normalized spacial score (nSPS) is 11.4. The average molecular weight is 280 g/mol. The Kier molecular flexibility index (Phi) is 5.01. The lowest BCUT2D eigenvalue weighted by molar-refractivity contribution is 0.204. The van der Waals surface area contributed by atoms with Crippen molar-refractivity contribution >= 4 is 33.2 Å². The highest BCUT2D eigenvalue weighted by molar-refractivity contribution is 7.90. The summed E-state index contributed by atoms with van der Waals surface area (Å²) in [7, 11) is -2.16. The molecular formula is C9H14ClN3O3S. The molecule has 96 valence electrons. The molecule has 0 bridgehead atoms. The van der Waals surface area contributed by atoms with Crippen LogP contribution in [-0.2, 0) is 14.9 Å². The van der Waals surface area contributed by atoms with Gasteiger partial charge in [0, 0.05) is 19.3 Å². The van der Waals surface area contributed by atoms with Gasteiger partial charge in [0.1, 0.15) is 0 Å². The Labute approximate surface area is 105 Å². The summed E-state index contributed by atoms with van der Waals surface area (Å²) in [5.41, 5.74) is 6.23. The first kappa shape index (κ1) is 14.0. The number of nitrogen functional groups attached to an aromatic ring is 1. The molecule has 8 heteroatoms. The molecule has 0 radical (unpaired) electrons. The summed E-state index contributed by atoms with van der Waals surface area (Å²) < 4.78 is 32.4. The number of hydrogen-bond donors (Lipinski definition) is 3. The maximum atomic E-state index is 11.5. The molecule has 4 N–H and O–H groups in total. The lowest BCUT2D eigenvalue weighted by Gasteiger charge is -2.10. The van der Waals surface area contributed by atoms with Crippen molar-refractivity contribution in [1.29, 1.82) is 0 Å². The SMILES string of the molecule is COCCNS(=O)(=O)Nc1ccc(N)cc1Cl. The molecule has 0 unspecified atom stereocenters. The van der Waals surface area contributed by atoms with Crippen molar-refractivity contribution < 1.29 is 13.2 Å². The minimum absolute atomic E-state index is 0.179. The molecule has 0 amide bonds. The Bertz CT molecular complexity index is 478. The van der Waals surface area contributed by atoms with E-state index in [0.29, 0.717) is 5.69 Å². The monoisotopic (exact) mass is 279 g/mol. The van der Waals surface area contributed by atoms with Crippen LogP contribution in [0.2, 0.25) is 5.02 Å². The zero-order valence-electron chi connectivity index (χ0n) is 9.23. The van der Waals surface area contributed by atoms with E-state index >= 15 is 0 Å². The van der Waals surface area contributed by atoms with Gasteiger partial charge in [0.15, 0.2) is 0 Å². The number of rotatable bonds is 6. The highest BCUT2D eigenvalue weighted by Gasteiger charge is 2.11. The Balaban J connectivity index is 2.69. The number of benzene rings is 1. The van der Waals surface area contributed by atoms with E-state index in [9.17, 15) is 8.42 Å². The van der Waals surface area contributed by atoms with E-state index in [4.69, 9.17) is 22.1 Å². The van der Waals surface area contributed by atoms with Gasteiger partial charge in [-0.25, -0.2) is 0 Å². The second-order valence-electron chi connectivity index (χ2n) is 3.23. The van der Waals surface area contributed by atoms with Gasteiger partial charge in [-0.3, -0.25) is 4.72 Å². The molecule has 0 aliphatic rings. The van der Waals surface area contributed by atoms with Gasteiger partial charge >= 0.3 is 0 Å². The number of methoxy groups -OCH3 is 1. The van der Waals surface area contributed by atoms with Crippen molar-refractivity contribution in [3.05, 3.63) is 23.2 Å². The second kappa shape index (κ2) is 6.06. The maximum Gasteiger partial charge on any atom is 0.299 e. The highest BCUT2D eigenvalue weighted by Crippen LogP contribution is 2.24. The lowest BCUT2D eigenvalue weighted by Crippen LogP contribution is -2.32. The van der Waals surface area contributed by atoms with Gasteiger partial charge in [0.05, 0.1) is 17.3 Å². The number of halogens is 1. The summed E-state index contributed by atoms with van der Waals surface area (Å²) in [6.07, 6.45) is 0. The summed E-state index contributed by atoms with van der Waals surface area (Å²) in [5.74, 6) is 0. The molecule has 0 fully saturated rings. The zero-order chi connectivity index (χ0) is 12.9. The average Bonchev–Trinajstić information content (AvgIpc) is 2.22. The largest absolute Gasteiger partial charge is 0.399 e. The smallest absolute Gasteiger partial charge is 0.299 e. The molecule has 1 aromatic rings. The predicted molar refractivity (Wildman–Crippen MR) is 68.3 cm³/mol. The van der Waals surface area contributed by atoms with Crippen molar-refractivity contribution in [2.75, 3.05) is 30.7 Å². The van der Waals surface area contributed by atoms with Crippen LogP contribution >= 0.6 is 11.6 Å².